The minimum absolute atomic E-state index is 0.0815. The molecule has 0 fully saturated rings. The third kappa shape index (κ3) is 3.63. The summed E-state index contributed by atoms with van der Waals surface area (Å²) in [5.41, 5.74) is 1.08. The van der Waals surface area contributed by atoms with Crippen LogP contribution in [-0.2, 0) is 0 Å². The number of aromatic amines is 1. The lowest BCUT2D eigenvalue weighted by Crippen LogP contribution is -1.96. The highest BCUT2D eigenvalue weighted by atomic mass is 35.5. The van der Waals surface area contributed by atoms with Gasteiger partial charge in [0.2, 0.25) is 4.77 Å². The van der Waals surface area contributed by atoms with Gasteiger partial charge in [0, 0.05) is 28.3 Å². The second-order valence-corrected chi connectivity index (χ2v) is 5.89. The highest BCUT2D eigenvalue weighted by molar-refractivity contribution is 7.71. The number of benzene rings is 2. The summed E-state index contributed by atoms with van der Waals surface area (Å²) in [7, 11) is 1.58. The molecule has 0 aliphatic rings. The predicted molar refractivity (Wildman–Crippen MR) is 100 cm³/mol. The first-order chi connectivity index (χ1) is 12.5. The fraction of sp³-hybridized carbons (Fsp3) is 0.0625. The minimum Gasteiger partial charge on any atom is -0.497 e. The Hall–Kier alpha value is -3.04. The Kier molecular flexibility index (Phi) is 5.10. The Morgan fingerprint density at radius 2 is 2.08 bits per heavy atom. The lowest BCUT2D eigenvalue weighted by atomic mass is 10.2. The van der Waals surface area contributed by atoms with Gasteiger partial charge < -0.3 is 4.74 Å². The molecule has 3 rings (SSSR count). The largest absolute Gasteiger partial charge is 0.497 e. The maximum Gasteiger partial charge on any atom is 0.270 e. The van der Waals surface area contributed by atoms with E-state index in [0.29, 0.717) is 22.2 Å². The van der Waals surface area contributed by atoms with Gasteiger partial charge in [-0.15, -0.1) is 0 Å². The van der Waals surface area contributed by atoms with Crippen molar-refractivity contribution in [2.45, 2.75) is 0 Å². The van der Waals surface area contributed by atoms with Crippen LogP contribution in [0.25, 0.3) is 11.4 Å². The van der Waals surface area contributed by atoms with E-state index in [4.69, 9.17) is 28.6 Å². The molecule has 0 atom stereocenters. The van der Waals surface area contributed by atoms with Crippen LogP contribution in [0, 0.1) is 14.9 Å². The molecule has 1 heterocycles. The van der Waals surface area contributed by atoms with Gasteiger partial charge >= 0.3 is 0 Å². The Balaban J connectivity index is 1.99. The Bertz CT molecular complexity index is 1040. The van der Waals surface area contributed by atoms with Crippen LogP contribution in [0.1, 0.15) is 5.56 Å². The molecule has 3 aromatic rings. The van der Waals surface area contributed by atoms with Crippen LogP contribution in [-0.4, -0.2) is 33.1 Å². The van der Waals surface area contributed by atoms with Gasteiger partial charge in [0.15, 0.2) is 5.82 Å². The first kappa shape index (κ1) is 17.8. The zero-order chi connectivity index (χ0) is 18.7. The van der Waals surface area contributed by atoms with Gasteiger partial charge in [0.05, 0.1) is 18.2 Å². The van der Waals surface area contributed by atoms with E-state index in [2.05, 4.69) is 15.3 Å². The van der Waals surface area contributed by atoms with Crippen LogP contribution in [0.3, 0.4) is 0 Å². The first-order valence-corrected chi connectivity index (χ1v) is 8.08. The molecule has 2 aromatic carbocycles. The van der Waals surface area contributed by atoms with Gasteiger partial charge in [-0.3, -0.25) is 10.1 Å². The van der Waals surface area contributed by atoms with Crippen LogP contribution >= 0.6 is 23.8 Å². The third-order valence-electron chi connectivity index (χ3n) is 3.50. The topological polar surface area (TPSA) is 98.3 Å². The molecule has 0 aliphatic carbocycles. The van der Waals surface area contributed by atoms with E-state index in [0.717, 1.165) is 5.56 Å². The summed E-state index contributed by atoms with van der Waals surface area (Å²) in [5, 5.41) is 22.4. The van der Waals surface area contributed by atoms with Gasteiger partial charge in [-0.05, 0) is 42.5 Å². The zero-order valence-corrected chi connectivity index (χ0v) is 15.0. The molecule has 0 aliphatic heterocycles. The standard InChI is InChI=1S/C16H12ClN5O3S/c1-25-13-5-2-10(3-6-13)15-19-20-16(26)21(15)18-9-11-8-12(22(23)24)4-7-14(11)17/h2-9H,1H3,(H,20,26)/b18-9-. The molecule has 1 aromatic heterocycles. The van der Waals surface area contributed by atoms with E-state index < -0.39 is 4.92 Å². The highest BCUT2D eigenvalue weighted by Gasteiger charge is 2.10. The van der Waals surface area contributed by atoms with Crippen molar-refractivity contribution in [3.63, 3.8) is 0 Å². The van der Waals surface area contributed by atoms with Crippen LogP contribution < -0.4 is 4.74 Å². The lowest BCUT2D eigenvalue weighted by Gasteiger charge is -2.03. The number of methoxy groups -OCH3 is 1. The number of nitro groups is 1. The number of H-pyrrole nitrogens is 1. The van der Waals surface area contributed by atoms with Gasteiger partial charge in [-0.1, -0.05) is 11.6 Å². The summed E-state index contributed by atoms with van der Waals surface area (Å²) >= 11 is 11.3. The number of aromatic nitrogens is 3. The molecule has 26 heavy (non-hydrogen) atoms. The molecule has 0 spiro atoms. The Morgan fingerprint density at radius 3 is 2.73 bits per heavy atom. The van der Waals surface area contributed by atoms with E-state index >= 15 is 0 Å². The maximum atomic E-state index is 10.9. The van der Waals surface area contributed by atoms with E-state index in [1.54, 1.807) is 19.2 Å². The number of hydrogen-bond acceptors (Lipinski definition) is 6. The van der Waals surface area contributed by atoms with Crippen LogP contribution in [0.4, 0.5) is 5.69 Å². The zero-order valence-electron chi connectivity index (χ0n) is 13.4. The normalized spacial score (nSPS) is 11.0. The van der Waals surface area contributed by atoms with E-state index in [1.165, 1.54) is 29.1 Å². The fourth-order valence-corrected chi connectivity index (χ4v) is 2.53. The molecule has 8 nitrogen and oxygen atoms in total. The summed E-state index contributed by atoms with van der Waals surface area (Å²) in [5.74, 6) is 1.19. The summed E-state index contributed by atoms with van der Waals surface area (Å²) in [6, 6.07) is 11.3. The van der Waals surface area contributed by atoms with Crippen molar-refractivity contribution in [2.75, 3.05) is 7.11 Å². The molecule has 0 bridgehead atoms. The summed E-state index contributed by atoms with van der Waals surface area (Å²) in [4.78, 5) is 10.4. The molecule has 0 unspecified atom stereocenters. The number of nitrogens with one attached hydrogen (secondary N) is 1. The van der Waals surface area contributed by atoms with Crippen molar-refractivity contribution >= 4 is 35.7 Å². The maximum absolute atomic E-state index is 10.9. The van der Waals surface area contributed by atoms with Crippen molar-refractivity contribution < 1.29 is 9.66 Å². The molecule has 0 radical (unpaired) electrons. The average molecular weight is 390 g/mol. The van der Waals surface area contributed by atoms with Crippen molar-refractivity contribution in [2.24, 2.45) is 5.10 Å². The smallest absolute Gasteiger partial charge is 0.270 e. The summed E-state index contributed by atoms with van der Waals surface area (Å²) in [6.07, 6.45) is 1.40. The second-order valence-electron chi connectivity index (χ2n) is 5.10. The number of ether oxygens (including phenoxy) is 1. The quantitative estimate of drug-likeness (QED) is 0.307. The molecule has 10 heteroatoms. The predicted octanol–water partition coefficient (Wildman–Crippen LogP) is 4.06. The molecular weight excluding hydrogens is 378 g/mol. The highest BCUT2D eigenvalue weighted by Crippen LogP contribution is 2.22. The summed E-state index contributed by atoms with van der Waals surface area (Å²) in [6.45, 7) is 0. The Morgan fingerprint density at radius 1 is 1.35 bits per heavy atom. The Labute approximate surface area is 157 Å². The number of nitro benzene ring substituents is 1. The second kappa shape index (κ2) is 7.46. The van der Waals surface area contributed by atoms with Crippen molar-refractivity contribution in [3.05, 3.63) is 67.9 Å². The van der Waals surface area contributed by atoms with Crippen LogP contribution in [0.2, 0.25) is 5.02 Å². The SMILES string of the molecule is COc1ccc(-c2n[nH]c(=S)n2/N=C\c2cc([N+](=O)[O-])ccc2Cl)cc1. The molecule has 132 valence electrons. The van der Waals surface area contributed by atoms with Gasteiger partial charge in [0.1, 0.15) is 5.75 Å². The van der Waals surface area contributed by atoms with E-state index in [-0.39, 0.29) is 10.5 Å². The monoisotopic (exact) mass is 389 g/mol. The van der Waals surface area contributed by atoms with Crippen LogP contribution in [0.5, 0.6) is 5.75 Å². The lowest BCUT2D eigenvalue weighted by molar-refractivity contribution is -0.384. The van der Waals surface area contributed by atoms with Gasteiger partial charge in [-0.2, -0.15) is 14.9 Å². The van der Waals surface area contributed by atoms with Gasteiger partial charge in [-0.25, -0.2) is 5.10 Å². The average Bonchev–Trinajstić information content (AvgIpc) is 3.01. The van der Waals surface area contributed by atoms with E-state index in [1.807, 2.05) is 12.1 Å². The fourth-order valence-electron chi connectivity index (χ4n) is 2.19. The number of hydrogen-bond donors (Lipinski definition) is 1. The third-order valence-corrected chi connectivity index (χ3v) is 4.11. The van der Waals surface area contributed by atoms with Crippen molar-refractivity contribution in [1.29, 1.82) is 0 Å². The molecule has 0 saturated heterocycles. The number of nitrogens with zero attached hydrogens (tertiary/aromatic N) is 4. The van der Waals surface area contributed by atoms with Crippen molar-refractivity contribution in [3.8, 4) is 17.1 Å². The molecule has 1 N–H and O–H groups in total. The van der Waals surface area contributed by atoms with E-state index in [9.17, 15) is 10.1 Å². The van der Waals surface area contributed by atoms with Gasteiger partial charge in [0.25, 0.3) is 5.69 Å². The number of halogens is 1. The van der Waals surface area contributed by atoms with Crippen LogP contribution in [0.15, 0.2) is 47.6 Å². The number of rotatable bonds is 5. The molecule has 0 saturated carbocycles. The molecular formula is C16H12ClN5O3S. The summed E-state index contributed by atoms with van der Waals surface area (Å²) < 4.78 is 6.82. The molecule has 0 amide bonds. The first-order valence-electron chi connectivity index (χ1n) is 7.29. The van der Waals surface area contributed by atoms with Crippen molar-refractivity contribution in [1.82, 2.24) is 14.9 Å². The minimum atomic E-state index is -0.500. The number of non-ortho nitro benzene ring substituents is 1.